The van der Waals surface area contributed by atoms with Crippen LogP contribution in [0, 0.1) is 10.6 Å². The Morgan fingerprint density at radius 1 is 1.31 bits per heavy atom. The molecule has 1 heterocycles. The highest BCUT2D eigenvalue weighted by atomic mass is 35.5. The van der Waals surface area contributed by atoms with E-state index in [0.29, 0.717) is 22.6 Å². The summed E-state index contributed by atoms with van der Waals surface area (Å²) in [6.45, 7) is 0.0975. The zero-order valence-corrected chi connectivity index (χ0v) is 16.5. The number of methoxy groups -OCH3 is 1. The van der Waals surface area contributed by atoms with E-state index in [0.717, 1.165) is 4.68 Å². The number of aromatic amines is 1. The van der Waals surface area contributed by atoms with Crippen molar-refractivity contribution in [2.45, 2.75) is 13.0 Å². The smallest absolute Gasteiger partial charge is 0.299 e. The number of benzene rings is 2. The molecule has 0 bridgehead atoms. The Balaban J connectivity index is 1.82. The first kappa shape index (κ1) is 20.9. The van der Waals surface area contributed by atoms with Gasteiger partial charge in [-0.05, 0) is 48.1 Å². The summed E-state index contributed by atoms with van der Waals surface area (Å²) in [5.41, 5.74) is 1.24. The van der Waals surface area contributed by atoms with Gasteiger partial charge in [0.15, 0.2) is 0 Å². The lowest BCUT2D eigenvalue weighted by Gasteiger charge is -2.11. The van der Waals surface area contributed by atoms with Crippen molar-refractivity contribution < 1.29 is 22.6 Å². The van der Waals surface area contributed by atoms with Crippen molar-refractivity contribution in [2.75, 3.05) is 7.11 Å². The maximum atomic E-state index is 13.3. The number of hydrogen-bond donors (Lipinski definition) is 1. The number of alkyl halides is 2. The van der Waals surface area contributed by atoms with Gasteiger partial charge in [0, 0.05) is 11.6 Å². The van der Waals surface area contributed by atoms with Gasteiger partial charge < -0.3 is 9.47 Å². The molecule has 0 aliphatic carbocycles. The molecule has 29 heavy (non-hydrogen) atoms. The van der Waals surface area contributed by atoms with E-state index in [1.54, 1.807) is 18.2 Å². The molecule has 152 valence electrons. The van der Waals surface area contributed by atoms with Crippen LogP contribution < -0.4 is 9.47 Å². The number of hydrogen-bond acceptors (Lipinski definition) is 5. The van der Waals surface area contributed by atoms with Crippen molar-refractivity contribution in [3.63, 3.8) is 0 Å². The van der Waals surface area contributed by atoms with Crippen LogP contribution in [0.25, 0.3) is 0 Å². The SMILES string of the molecule is COc1ccc(/C=N/n2c(C(F)F)n[nH]c2=S)cc1COc1ccc(F)c(Cl)c1. The molecule has 6 nitrogen and oxygen atoms in total. The molecule has 0 unspecified atom stereocenters. The highest BCUT2D eigenvalue weighted by Gasteiger charge is 2.16. The third kappa shape index (κ3) is 4.96. The Bertz CT molecular complexity index is 1100. The van der Waals surface area contributed by atoms with Crippen LogP contribution >= 0.6 is 23.8 Å². The molecule has 0 aliphatic rings. The Labute approximate surface area is 173 Å². The first-order chi connectivity index (χ1) is 13.9. The number of halogens is 4. The van der Waals surface area contributed by atoms with Gasteiger partial charge in [0.25, 0.3) is 6.43 Å². The average Bonchev–Trinajstić information content (AvgIpc) is 3.08. The number of H-pyrrole nitrogens is 1. The quantitative estimate of drug-likeness (QED) is 0.406. The molecule has 0 spiro atoms. The maximum Gasteiger partial charge on any atom is 0.299 e. The van der Waals surface area contributed by atoms with Crippen LogP contribution in [0.4, 0.5) is 13.2 Å². The fourth-order valence-electron chi connectivity index (χ4n) is 2.40. The average molecular weight is 443 g/mol. The number of nitrogens with zero attached hydrogens (tertiary/aromatic N) is 3. The Kier molecular flexibility index (Phi) is 6.55. The van der Waals surface area contributed by atoms with Crippen molar-refractivity contribution >= 4 is 30.0 Å². The van der Waals surface area contributed by atoms with Crippen molar-refractivity contribution in [1.29, 1.82) is 0 Å². The van der Waals surface area contributed by atoms with Gasteiger partial charge in [0.1, 0.15) is 23.9 Å². The second-order valence-corrected chi connectivity index (χ2v) is 6.47. The van der Waals surface area contributed by atoms with Crippen LogP contribution in [0.5, 0.6) is 11.5 Å². The molecular formula is C18H14ClF3N4O2S. The number of nitrogens with one attached hydrogen (secondary N) is 1. The van der Waals surface area contributed by atoms with E-state index < -0.39 is 18.1 Å². The summed E-state index contributed by atoms with van der Waals surface area (Å²) < 4.78 is 50.9. The minimum absolute atomic E-state index is 0.0537. The van der Waals surface area contributed by atoms with Crippen molar-refractivity contribution in [3.05, 3.63) is 69.0 Å². The van der Waals surface area contributed by atoms with Crippen molar-refractivity contribution in [1.82, 2.24) is 14.9 Å². The van der Waals surface area contributed by atoms with Crippen LogP contribution in [-0.2, 0) is 6.61 Å². The predicted octanol–water partition coefficient (Wildman–Crippen LogP) is 5.14. The number of aromatic nitrogens is 3. The summed E-state index contributed by atoms with van der Waals surface area (Å²) in [4.78, 5) is 0. The summed E-state index contributed by atoms with van der Waals surface area (Å²) in [5, 5.41) is 9.64. The van der Waals surface area contributed by atoms with Crippen LogP contribution in [-0.4, -0.2) is 28.2 Å². The molecule has 0 aliphatic heterocycles. The predicted molar refractivity (Wildman–Crippen MR) is 104 cm³/mol. The maximum absolute atomic E-state index is 13.3. The second-order valence-electron chi connectivity index (χ2n) is 5.68. The zero-order valence-electron chi connectivity index (χ0n) is 14.9. The lowest BCUT2D eigenvalue weighted by atomic mass is 10.1. The van der Waals surface area contributed by atoms with Gasteiger partial charge in [-0.3, -0.25) is 0 Å². The Hall–Kier alpha value is -2.85. The van der Waals surface area contributed by atoms with E-state index in [-0.39, 0.29) is 16.4 Å². The van der Waals surface area contributed by atoms with E-state index in [2.05, 4.69) is 15.3 Å². The third-order valence-electron chi connectivity index (χ3n) is 3.78. The third-order valence-corrected chi connectivity index (χ3v) is 4.34. The van der Waals surface area contributed by atoms with Crippen LogP contribution in [0.1, 0.15) is 23.4 Å². The first-order valence-corrected chi connectivity index (χ1v) is 8.92. The molecule has 2 aromatic carbocycles. The molecule has 0 saturated carbocycles. The molecule has 1 aromatic heterocycles. The van der Waals surface area contributed by atoms with Gasteiger partial charge in [-0.25, -0.2) is 18.3 Å². The normalized spacial score (nSPS) is 11.4. The Morgan fingerprint density at radius 2 is 2.10 bits per heavy atom. The van der Waals surface area contributed by atoms with Gasteiger partial charge in [0.2, 0.25) is 10.6 Å². The van der Waals surface area contributed by atoms with Crippen molar-refractivity contribution in [2.24, 2.45) is 5.10 Å². The topological polar surface area (TPSA) is 64.4 Å². The monoisotopic (exact) mass is 442 g/mol. The molecule has 0 radical (unpaired) electrons. The molecule has 1 N–H and O–H groups in total. The lowest BCUT2D eigenvalue weighted by Crippen LogP contribution is -2.02. The fourth-order valence-corrected chi connectivity index (χ4v) is 2.76. The minimum atomic E-state index is -2.83. The zero-order chi connectivity index (χ0) is 21.0. The molecule has 3 rings (SSSR count). The van der Waals surface area contributed by atoms with Gasteiger partial charge in [0.05, 0.1) is 18.3 Å². The largest absolute Gasteiger partial charge is 0.496 e. The van der Waals surface area contributed by atoms with Gasteiger partial charge in [-0.1, -0.05) is 11.6 Å². The minimum Gasteiger partial charge on any atom is -0.496 e. The second kappa shape index (κ2) is 9.10. The summed E-state index contributed by atoms with van der Waals surface area (Å²) in [6, 6.07) is 9.09. The molecule has 3 aromatic rings. The van der Waals surface area contributed by atoms with Gasteiger partial charge in [-0.15, -0.1) is 0 Å². The first-order valence-electron chi connectivity index (χ1n) is 8.13. The van der Waals surface area contributed by atoms with E-state index >= 15 is 0 Å². The standard InChI is InChI=1S/C18H14ClF3N4O2S/c1-27-15-5-2-10(8-23-26-17(16(21)22)24-25-18(26)29)6-11(15)9-28-12-3-4-14(20)13(19)7-12/h2-8,16H,9H2,1H3,(H,25,29)/b23-8+. The van der Waals surface area contributed by atoms with Crippen LogP contribution in [0.15, 0.2) is 41.5 Å². The highest BCUT2D eigenvalue weighted by molar-refractivity contribution is 7.71. The fraction of sp³-hybridized carbons (Fsp3) is 0.167. The summed E-state index contributed by atoms with van der Waals surface area (Å²) >= 11 is 10.7. The van der Waals surface area contributed by atoms with Gasteiger partial charge in [-0.2, -0.15) is 14.9 Å². The number of rotatable bonds is 7. The van der Waals surface area contributed by atoms with E-state index in [1.165, 1.54) is 31.5 Å². The van der Waals surface area contributed by atoms with Crippen LogP contribution in [0.3, 0.4) is 0 Å². The molecule has 0 amide bonds. The van der Waals surface area contributed by atoms with E-state index in [1.807, 2.05) is 0 Å². The van der Waals surface area contributed by atoms with Gasteiger partial charge >= 0.3 is 0 Å². The van der Waals surface area contributed by atoms with E-state index in [4.69, 9.17) is 33.3 Å². The summed E-state index contributed by atoms with van der Waals surface area (Å²) in [7, 11) is 1.50. The molecule has 0 fully saturated rings. The molecule has 0 atom stereocenters. The molecule has 0 saturated heterocycles. The summed E-state index contributed by atoms with van der Waals surface area (Å²) in [6.07, 6.45) is -1.48. The highest BCUT2D eigenvalue weighted by Crippen LogP contribution is 2.25. The number of ether oxygens (including phenoxy) is 2. The Morgan fingerprint density at radius 3 is 2.79 bits per heavy atom. The molecule has 11 heteroatoms. The summed E-state index contributed by atoms with van der Waals surface area (Å²) in [5.74, 6) is -0.209. The van der Waals surface area contributed by atoms with Crippen molar-refractivity contribution in [3.8, 4) is 11.5 Å². The van der Waals surface area contributed by atoms with Crippen LogP contribution in [0.2, 0.25) is 5.02 Å². The molecular weight excluding hydrogens is 429 g/mol. The lowest BCUT2D eigenvalue weighted by molar-refractivity contribution is 0.136. The van der Waals surface area contributed by atoms with E-state index in [9.17, 15) is 13.2 Å².